The highest BCUT2D eigenvalue weighted by Gasteiger charge is 2.13. The number of fused-ring (bicyclic) bond motifs is 3. The summed E-state index contributed by atoms with van der Waals surface area (Å²) in [7, 11) is 0. The molecule has 1 aliphatic heterocycles. The number of nitrogens with one attached hydrogen (secondary N) is 1. The molecule has 0 atom stereocenters. The second-order valence-corrected chi connectivity index (χ2v) is 3.43. The van der Waals surface area contributed by atoms with Gasteiger partial charge in [-0.15, -0.1) is 0 Å². The summed E-state index contributed by atoms with van der Waals surface area (Å²) in [5.74, 6) is 0. The summed E-state index contributed by atoms with van der Waals surface area (Å²) in [6.45, 7) is 0.966. The van der Waals surface area contributed by atoms with Gasteiger partial charge in [0, 0.05) is 23.7 Å². The molecule has 1 N–H and O–H groups in total. The molecule has 2 heterocycles. The Bertz CT molecular complexity index is 557. The van der Waals surface area contributed by atoms with Crippen LogP contribution in [0.3, 0.4) is 0 Å². The first-order valence-corrected chi connectivity index (χ1v) is 4.64. The Labute approximate surface area is 80.4 Å². The first-order chi connectivity index (χ1) is 6.84. The van der Waals surface area contributed by atoms with Gasteiger partial charge >= 0.3 is 5.63 Å². The quantitative estimate of drug-likeness (QED) is 0.639. The molecule has 1 aromatic carbocycles. The lowest BCUT2D eigenvalue weighted by Crippen LogP contribution is -1.95. The van der Waals surface area contributed by atoms with E-state index >= 15 is 0 Å². The number of hydrogen-bond acceptors (Lipinski definition) is 3. The van der Waals surface area contributed by atoms with E-state index in [1.54, 1.807) is 0 Å². The molecule has 70 valence electrons. The molecule has 0 radical (unpaired) electrons. The minimum Gasteiger partial charge on any atom is -0.423 e. The molecule has 0 bridgehead atoms. The van der Waals surface area contributed by atoms with Crippen LogP contribution in [-0.2, 0) is 6.42 Å². The lowest BCUT2D eigenvalue weighted by atomic mass is 10.1. The second-order valence-electron chi connectivity index (χ2n) is 3.43. The van der Waals surface area contributed by atoms with Crippen LogP contribution in [0.25, 0.3) is 11.0 Å². The first kappa shape index (κ1) is 7.62. The largest absolute Gasteiger partial charge is 0.423 e. The molecule has 0 aliphatic carbocycles. The van der Waals surface area contributed by atoms with Gasteiger partial charge < -0.3 is 9.73 Å². The fourth-order valence-electron chi connectivity index (χ4n) is 1.97. The van der Waals surface area contributed by atoms with Crippen LogP contribution >= 0.6 is 0 Å². The maximum atomic E-state index is 11.0. The zero-order valence-corrected chi connectivity index (χ0v) is 7.54. The molecule has 3 nitrogen and oxygen atoms in total. The molecule has 3 heteroatoms. The monoisotopic (exact) mass is 187 g/mol. The zero-order valence-electron chi connectivity index (χ0n) is 7.54. The topological polar surface area (TPSA) is 42.2 Å². The van der Waals surface area contributed by atoms with E-state index in [0.717, 1.165) is 24.0 Å². The second kappa shape index (κ2) is 2.61. The summed E-state index contributed by atoms with van der Waals surface area (Å²) in [4.78, 5) is 11.0. The smallest absolute Gasteiger partial charge is 0.336 e. The highest BCUT2D eigenvalue weighted by molar-refractivity contribution is 5.86. The van der Waals surface area contributed by atoms with E-state index < -0.39 is 0 Å². The van der Waals surface area contributed by atoms with Crippen LogP contribution in [0.5, 0.6) is 0 Å². The third-order valence-corrected chi connectivity index (χ3v) is 2.60. The van der Waals surface area contributed by atoms with Gasteiger partial charge in [0.25, 0.3) is 0 Å². The normalized spacial score (nSPS) is 14.0. The van der Waals surface area contributed by atoms with Gasteiger partial charge in [-0.05, 0) is 30.2 Å². The Balaban J connectivity index is 2.44. The van der Waals surface area contributed by atoms with Crippen molar-refractivity contribution in [2.24, 2.45) is 0 Å². The molecule has 0 spiro atoms. The molecule has 0 saturated carbocycles. The highest BCUT2D eigenvalue weighted by Crippen LogP contribution is 2.29. The van der Waals surface area contributed by atoms with Crippen molar-refractivity contribution in [3.05, 3.63) is 40.2 Å². The highest BCUT2D eigenvalue weighted by atomic mass is 16.4. The van der Waals surface area contributed by atoms with E-state index in [-0.39, 0.29) is 5.63 Å². The van der Waals surface area contributed by atoms with E-state index in [1.165, 1.54) is 11.6 Å². The fourth-order valence-corrected chi connectivity index (χ4v) is 1.97. The van der Waals surface area contributed by atoms with Crippen LogP contribution in [0.2, 0.25) is 0 Å². The van der Waals surface area contributed by atoms with Crippen LogP contribution in [0.4, 0.5) is 5.69 Å². The molecule has 0 saturated heterocycles. The van der Waals surface area contributed by atoms with Crippen molar-refractivity contribution in [3.8, 4) is 0 Å². The number of benzene rings is 1. The molecular formula is C11H9NO2. The maximum Gasteiger partial charge on any atom is 0.336 e. The average molecular weight is 187 g/mol. The molecule has 0 fully saturated rings. The summed E-state index contributed by atoms with van der Waals surface area (Å²) < 4.78 is 5.10. The van der Waals surface area contributed by atoms with E-state index in [0.29, 0.717) is 5.58 Å². The first-order valence-electron chi connectivity index (χ1n) is 4.64. The van der Waals surface area contributed by atoms with Crippen molar-refractivity contribution in [1.29, 1.82) is 0 Å². The zero-order chi connectivity index (χ0) is 9.54. The average Bonchev–Trinajstić information content (AvgIpc) is 2.65. The Hall–Kier alpha value is -1.77. The van der Waals surface area contributed by atoms with Gasteiger partial charge in [-0.2, -0.15) is 0 Å². The Morgan fingerprint density at radius 1 is 1.21 bits per heavy atom. The van der Waals surface area contributed by atoms with Crippen LogP contribution < -0.4 is 10.9 Å². The third kappa shape index (κ3) is 0.954. The minimum atomic E-state index is -0.289. The molecule has 0 amide bonds. The fraction of sp³-hybridized carbons (Fsp3) is 0.182. The van der Waals surface area contributed by atoms with Gasteiger partial charge in [-0.1, -0.05) is 0 Å². The third-order valence-electron chi connectivity index (χ3n) is 2.60. The van der Waals surface area contributed by atoms with Crippen molar-refractivity contribution in [2.45, 2.75) is 6.42 Å². The lowest BCUT2D eigenvalue weighted by Gasteiger charge is -2.02. The van der Waals surface area contributed by atoms with Gasteiger partial charge in [-0.25, -0.2) is 4.79 Å². The number of anilines is 1. The SMILES string of the molecule is O=c1ccc2c3c(ccc2o1)NCC3. The molecule has 1 aliphatic rings. The standard InChI is InChI=1S/C11H9NO2/c13-11-4-1-8-7-5-6-12-9(7)2-3-10(8)14-11/h1-4,12H,5-6H2. The summed E-state index contributed by atoms with van der Waals surface area (Å²) in [6.07, 6.45) is 1.00. The number of rotatable bonds is 0. The van der Waals surface area contributed by atoms with Crippen molar-refractivity contribution < 1.29 is 4.42 Å². The van der Waals surface area contributed by atoms with Gasteiger partial charge in [0.1, 0.15) is 5.58 Å². The predicted octanol–water partition coefficient (Wildman–Crippen LogP) is 1.76. The Morgan fingerprint density at radius 2 is 2.14 bits per heavy atom. The summed E-state index contributed by atoms with van der Waals surface area (Å²) in [5.41, 5.74) is 2.81. The van der Waals surface area contributed by atoms with Gasteiger partial charge in [0.15, 0.2) is 0 Å². The van der Waals surface area contributed by atoms with Crippen LogP contribution in [-0.4, -0.2) is 6.54 Å². The van der Waals surface area contributed by atoms with E-state index in [1.807, 2.05) is 18.2 Å². The minimum absolute atomic E-state index is 0.289. The lowest BCUT2D eigenvalue weighted by molar-refractivity contribution is 0.561. The van der Waals surface area contributed by atoms with E-state index in [9.17, 15) is 4.79 Å². The van der Waals surface area contributed by atoms with Crippen LogP contribution in [0.15, 0.2) is 33.5 Å². The molecule has 1 aromatic heterocycles. The Kier molecular flexibility index (Phi) is 1.42. The summed E-state index contributed by atoms with van der Waals surface area (Å²) >= 11 is 0. The Morgan fingerprint density at radius 3 is 3.07 bits per heavy atom. The number of hydrogen-bond donors (Lipinski definition) is 1. The van der Waals surface area contributed by atoms with E-state index in [2.05, 4.69) is 5.32 Å². The molecule has 14 heavy (non-hydrogen) atoms. The van der Waals surface area contributed by atoms with Gasteiger partial charge in [0.05, 0.1) is 0 Å². The van der Waals surface area contributed by atoms with Crippen LogP contribution in [0, 0.1) is 0 Å². The van der Waals surface area contributed by atoms with Crippen molar-refractivity contribution in [2.75, 3.05) is 11.9 Å². The van der Waals surface area contributed by atoms with Gasteiger partial charge in [-0.3, -0.25) is 0 Å². The summed E-state index contributed by atoms with van der Waals surface area (Å²) in [6, 6.07) is 7.12. The van der Waals surface area contributed by atoms with Gasteiger partial charge in [0.2, 0.25) is 0 Å². The van der Waals surface area contributed by atoms with Crippen LogP contribution in [0.1, 0.15) is 5.56 Å². The predicted molar refractivity (Wildman–Crippen MR) is 54.7 cm³/mol. The van der Waals surface area contributed by atoms with E-state index in [4.69, 9.17) is 4.42 Å². The molecule has 2 aromatic rings. The van der Waals surface area contributed by atoms with Crippen molar-refractivity contribution in [1.82, 2.24) is 0 Å². The maximum absolute atomic E-state index is 11.0. The van der Waals surface area contributed by atoms with Crippen molar-refractivity contribution in [3.63, 3.8) is 0 Å². The summed E-state index contributed by atoms with van der Waals surface area (Å²) in [5, 5.41) is 4.34. The molecule has 0 unspecified atom stereocenters. The molecular weight excluding hydrogens is 178 g/mol. The van der Waals surface area contributed by atoms with Crippen molar-refractivity contribution >= 4 is 16.7 Å². The molecule has 3 rings (SSSR count).